The second-order valence-electron chi connectivity index (χ2n) is 4.83. The number of non-ortho nitro benzene ring substituents is 1. The molecule has 1 aliphatic heterocycles. The van der Waals surface area contributed by atoms with Crippen molar-refractivity contribution in [1.82, 2.24) is 13.6 Å². The van der Waals surface area contributed by atoms with Crippen molar-refractivity contribution in [2.45, 2.75) is 6.10 Å². The number of hydrogen-bond donors (Lipinski definition) is 1. The number of nitro groups is 1. The molecule has 1 aromatic heterocycles. The molecular weight excluding hydrogens is 328 g/mol. The van der Waals surface area contributed by atoms with Crippen LogP contribution in [0, 0.1) is 10.1 Å². The maximum absolute atomic E-state index is 12.5. The minimum Gasteiger partial charge on any atom is -0.479 e. The summed E-state index contributed by atoms with van der Waals surface area (Å²) in [6.07, 6.45) is -1.10. The Labute approximate surface area is 132 Å². The van der Waals surface area contributed by atoms with E-state index in [0.717, 1.165) is 17.8 Å². The molecule has 11 heteroatoms. The van der Waals surface area contributed by atoms with Crippen molar-refractivity contribution in [3.63, 3.8) is 0 Å². The van der Waals surface area contributed by atoms with Gasteiger partial charge in [0.1, 0.15) is 5.52 Å². The van der Waals surface area contributed by atoms with Gasteiger partial charge < -0.3 is 14.7 Å². The normalized spacial score (nSPS) is 18.1. The summed E-state index contributed by atoms with van der Waals surface area (Å²) in [4.78, 5) is 35.3. The second-order valence-corrected chi connectivity index (χ2v) is 5.36. The summed E-state index contributed by atoms with van der Waals surface area (Å²) in [5.41, 5.74) is 0.156. The summed E-state index contributed by atoms with van der Waals surface area (Å²) in [5, 5.41) is 20.1. The van der Waals surface area contributed by atoms with Gasteiger partial charge in [0.15, 0.2) is 11.6 Å². The third-order valence-electron chi connectivity index (χ3n) is 3.41. The molecule has 1 fully saturated rings. The van der Waals surface area contributed by atoms with Crippen molar-refractivity contribution in [3.05, 3.63) is 27.8 Å². The van der Waals surface area contributed by atoms with Gasteiger partial charge in [-0.1, -0.05) is 0 Å². The number of carbonyl (C=O) groups excluding carboxylic acids is 1. The summed E-state index contributed by atoms with van der Waals surface area (Å²) >= 11 is 0.818. The van der Waals surface area contributed by atoms with Gasteiger partial charge in [-0.25, -0.2) is 4.79 Å². The number of nitro benzene ring substituents is 1. The molecule has 3 rings (SSSR count). The molecule has 2 aromatic rings. The lowest BCUT2D eigenvalue weighted by Crippen LogP contribution is -2.48. The van der Waals surface area contributed by atoms with Gasteiger partial charge in [0.25, 0.3) is 11.6 Å². The van der Waals surface area contributed by atoms with Crippen molar-refractivity contribution < 1.29 is 24.4 Å². The minimum atomic E-state index is -1.16. The summed E-state index contributed by atoms with van der Waals surface area (Å²) in [6, 6.07) is 2.55. The highest BCUT2D eigenvalue weighted by molar-refractivity contribution is 7.00. The van der Waals surface area contributed by atoms with Gasteiger partial charge in [-0.15, -0.1) is 0 Å². The van der Waals surface area contributed by atoms with Crippen LogP contribution in [0.15, 0.2) is 12.1 Å². The predicted octanol–water partition coefficient (Wildman–Crippen LogP) is 0.525. The molecule has 1 atom stereocenters. The Balaban J connectivity index is 1.94. The smallest absolute Gasteiger partial charge is 0.334 e. The monoisotopic (exact) mass is 338 g/mol. The minimum absolute atomic E-state index is 0.0722. The van der Waals surface area contributed by atoms with Gasteiger partial charge in [0.05, 0.1) is 29.8 Å². The third-order valence-corrected chi connectivity index (χ3v) is 3.96. The summed E-state index contributed by atoms with van der Waals surface area (Å²) < 4.78 is 12.8. The Morgan fingerprint density at radius 3 is 2.91 bits per heavy atom. The molecule has 1 aliphatic rings. The average Bonchev–Trinajstić information content (AvgIpc) is 3.01. The molecule has 0 saturated carbocycles. The Morgan fingerprint density at radius 2 is 2.22 bits per heavy atom. The number of carboxylic acids is 1. The van der Waals surface area contributed by atoms with E-state index in [1.54, 1.807) is 0 Å². The maximum atomic E-state index is 12.5. The lowest BCUT2D eigenvalue weighted by atomic mass is 10.1. The summed E-state index contributed by atoms with van der Waals surface area (Å²) in [7, 11) is 0. The van der Waals surface area contributed by atoms with E-state index >= 15 is 0 Å². The second kappa shape index (κ2) is 5.85. The highest BCUT2D eigenvalue weighted by Crippen LogP contribution is 2.26. The molecule has 23 heavy (non-hydrogen) atoms. The SMILES string of the molecule is O=C(O)C1CN(C(=O)c2cc([N+](=O)[O-])c3nsnc3c2)CCO1. The largest absolute Gasteiger partial charge is 0.479 e. The number of carbonyl (C=O) groups is 2. The molecule has 1 unspecified atom stereocenters. The number of fused-ring (bicyclic) bond motifs is 1. The first-order chi connectivity index (χ1) is 11.0. The quantitative estimate of drug-likeness (QED) is 0.632. The molecular formula is C12H10N4O6S. The molecule has 1 aromatic carbocycles. The summed E-state index contributed by atoms with van der Waals surface area (Å²) in [5.74, 6) is -1.66. The van der Waals surface area contributed by atoms with Crippen LogP contribution in [0.3, 0.4) is 0 Å². The standard InChI is InChI=1S/C12H10N4O6S/c17-11(15-1-2-22-9(5-15)12(18)19)6-3-7-10(14-23-13-7)8(4-6)16(20)21/h3-4,9H,1-2,5H2,(H,18,19). The zero-order valence-electron chi connectivity index (χ0n) is 11.5. The number of benzene rings is 1. The van der Waals surface area contributed by atoms with Crippen LogP contribution in [0.1, 0.15) is 10.4 Å². The molecule has 10 nitrogen and oxygen atoms in total. The van der Waals surface area contributed by atoms with Crippen LogP contribution in [0.5, 0.6) is 0 Å². The molecule has 1 N–H and O–H groups in total. The number of ether oxygens (including phenoxy) is 1. The van der Waals surface area contributed by atoms with Crippen LogP contribution < -0.4 is 0 Å². The van der Waals surface area contributed by atoms with Crippen molar-refractivity contribution in [3.8, 4) is 0 Å². The average molecular weight is 338 g/mol. The van der Waals surface area contributed by atoms with E-state index in [1.807, 2.05) is 0 Å². The van der Waals surface area contributed by atoms with E-state index in [9.17, 15) is 19.7 Å². The lowest BCUT2D eigenvalue weighted by molar-refractivity contribution is -0.383. The van der Waals surface area contributed by atoms with Crippen LogP contribution in [-0.4, -0.2) is 61.4 Å². The highest BCUT2D eigenvalue weighted by Gasteiger charge is 2.30. The van der Waals surface area contributed by atoms with Gasteiger partial charge in [-0.3, -0.25) is 14.9 Å². The number of amides is 1. The van der Waals surface area contributed by atoms with Crippen LogP contribution in [0.2, 0.25) is 0 Å². The molecule has 0 aliphatic carbocycles. The predicted molar refractivity (Wildman–Crippen MR) is 77.3 cm³/mol. The van der Waals surface area contributed by atoms with Crippen molar-refractivity contribution in [2.75, 3.05) is 19.7 Å². The first kappa shape index (κ1) is 15.2. The highest BCUT2D eigenvalue weighted by atomic mass is 32.1. The summed E-state index contributed by atoms with van der Waals surface area (Å²) in [6.45, 7) is 0.185. The first-order valence-corrected chi connectivity index (χ1v) is 7.25. The van der Waals surface area contributed by atoms with E-state index in [1.165, 1.54) is 11.0 Å². The van der Waals surface area contributed by atoms with E-state index < -0.39 is 22.9 Å². The van der Waals surface area contributed by atoms with Gasteiger partial charge in [-0.2, -0.15) is 8.75 Å². The number of morpholine rings is 1. The zero-order chi connectivity index (χ0) is 16.6. The number of aromatic nitrogens is 2. The van der Waals surface area contributed by atoms with Crippen molar-refractivity contribution in [1.29, 1.82) is 0 Å². The van der Waals surface area contributed by atoms with E-state index in [2.05, 4.69) is 8.75 Å². The van der Waals surface area contributed by atoms with Gasteiger partial charge in [0.2, 0.25) is 0 Å². The number of rotatable bonds is 3. The fourth-order valence-corrected chi connectivity index (χ4v) is 2.84. The third kappa shape index (κ3) is 2.83. The van der Waals surface area contributed by atoms with Crippen LogP contribution in [-0.2, 0) is 9.53 Å². The number of nitrogens with zero attached hydrogens (tertiary/aromatic N) is 4. The maximum Gasteiger partial charge on any atom is 0.334 e. The lowest BCUT2D eigenvalue weighted by Gasteiger charge is -2.30. The van der Waals surface area contributed by atoms with E-state index in [4.69, 9.17) is 9.84 Å². The van der Waals surface area contributed by atoms with Gasteiger partial charge in [-0.05, 0) is 6.07 Å². The van der Waals surface area contributed by atoms with Gasteiger partial charge >= 0.3 is 5.97 Å². The Morgan fingerprint density at radius 1 is 1.43 bits per heavy atom. The van der Waals surface area contributed by atoms with E-state index in [-0.39, 0.29) is 42.0 Å². The van der Waals surface area contributed by atoms with Gasteiger partial charge in [0, 0.05) is 18.2 Å². The fraction of sp³-hybridized carbons (Fsp3) is 0.333. The molecule has 0 bridgehead atoms. The Hall–Kier alpha value is -2.66. The Kier molecular flexibility index (Phi) is 3.88. The Bertz CT molecular complexity index is 806. The molecule has 2 heterocycles. The molecule has 1 amide bonds. The molecule has 0 spiro atoms. The molecule has 1 saturated heterocycles. The van der Waals surface area contributed by atoms with Crippen LogP contribution in [0.25, 0.3) is 11.0 Å². The van der Waals surface area contributed by atoms with Crippen LogP contribution in [0.4, 0.5) is 5.69 Å². The van der Waals surface area contributed by atoms with Crippen molar-refractivity contribution >= 4 is 40.3 Å². The number of hydrogen-bond acceptors (Lipinski definition) is 8. The number of aliphatic carboxylic acids is 1. The zero-order valence-corrected chi connectivity index (χ0v) is 12.4. The first-order valence-electron chi connectivity index (χ1n) is 6.52. The van der Waals surface area contributed by atoms with Crippen LogP contribution >= 0.6 is 11.7 Å². The van der Waals surface area contributed by atoms with E-state index in [0.29, 0.717) is 0 Å². The fourth-order valence-electron chi connectivity index (χ4n) is 2.30. The van der Waals surface area contributed by atoms with Crippen molar-refractivity contribution in [2.24, 2.45) is 0 Å². The molecule has 120 valence electrons. The number of carboxylic acid groups (broad SMARTS) is 1. The topological polar surface area (TPSA) is 136 Å². The molecule has 0 radical (unpaired) electrons.